The summed E-state index contributed by atoms with van der Waals surface area (Å²) >= 11 is 0. The number of fused-ring (bicyclic) bond motifs is 1. The smallest absolute Gasteiger partial charge is 0.354 e. The lowest BCUT2D eigenvalue weighted by Crippen LogP contribution is -2.38. The maximum atomic E-state index is 13.6. The fourth-order valence-electron chi connectivity index (χ4n) is 7.11. The van der Waals surface area contributed by atoms with Crippen LogP contribution in [0.5, 0.6) is 0 Å². The van der Waals surface area contributed by atoms with Gasteiger partial charge >= 0.3 is 5.97 Å². The maximum Gasteiger partial charge on any atom is 0.354 e. The van der Waals surface area contributed by atoms with Crippen molar-refractivity contribution in [1.82, 2.24) is 24.5 Å². The summed E-state index contributed by atoms with van der Waals surface area (Å²) in [7, 11) is 0. The molecule has 1 aromatic carbocycles. The van der Waals surface area contributed by atoms with Crippen molar-refractivity contribution in [2.75, 3.05) is 49.1 Å². The predicted molar refractivity (Wildman–Crippen MR) is 161 cm³/mol. The zero-order chi connectivity index (χ0) is 29.9. The number of carboxylic acid groups (broad SMARTS) is 1. The number of amides is 1. The van der Waals surface area contributed by atoms with Crippen LogP contribution >= 0.6 is 0 Å². The third-order valence-electron chi connectivity index (χ3n) is 9.66. The Morgan fingerprint density at radius 3 is 2.53 bits per heavy atom. The van der Waals surface area contributed by atoms with E-state index in [0.29, 0.717) is 37.5 Å². The number of anilines is 2. The standard InChI is InChI=1S/C32H35N7O4/c1-21-15-23(36-13-11-31(2,18-36)22-7-4-3-5-8-22)16-39-28(21)34-27(35-39)29(41)38-17-25(40)32(20-38)12-14-37(19-32)26-10-6-9-24(33-26)30(42)43/h3-10,15-16,25,40H,11-14,17-20H2,1-2H3,(H,42,43)/t25?,31-,32?/m0/s1. The van der Waals surface area contributed by atoms with E-state index in [1.165, 1.54) is 11.6 Å². The Morgan fingerprint density at radius 1 is 0.953 bits per heavy atom. The van der Waals surface area contributed by atoms with Gasteiger partial charge in [0.1, 0.15) is 5.82 Å². The molecule has 1 spiro atoms. The average Bonchev–Trinajstić information content (AvgIpc) is 3.80. The fourth-order valence-corrected chi connectivity index (χ4v) is 7.11. The van der Waals surface area contributed by atoms with Crippen LogP contribution in [0.3, 0.4) is 0 Å². The first kappa shape index (κ1) is 27.3. The minimum Gasteiger partial charge on any atom is -0.477 e. The van der Waals surface area contributed by atoms with Crippen LogP contribution < -0.4 is 9.80 Å². The largest absolute Gasteiger partial charge is 0.477 e. The molecule has 0 bridgehead atoms. The molecule has 6 heterocycles. The third-order valence-corrected chi connectivity index (χ3v) is 9.66. The van der Waals surface area contributed by atoms with Crippen molar-refractivity contribution < 1.29 is 19.8 Å². The van der Waals surface area contributed by atoms with E-state index in [-0.39, 0.29) is 29.4 Å². The van der Waals surface area contributed by atoms with E-state index in [0.717, 1.165) is 30.8 Å². The Balaban J connectivity index is 1.08. The molecule has 3 fully saturated rings. The Kier molecular flexibility index (Phi) is 6.39. The van der Waals surface area contributed by atoms with Crippen molar-refractivity contribution in [3.8, 4) is 0 Å². The molecule has 11 heteroatoms. The maximum absolute atomic E-state index is 13.6. The summed E-state index contributed by atoms with van der Waals surface area (Å²) in [6.45, 7) is 7.78. The molecule has 3 atom stereocenters. The first-order chi connectivity index (χ1) is 20.6. The SMILES string of the molecule is Cc1cc(N2CC[C@](C)(c3ccccc3)C2)cn2nc(C(=O)N3CC(O)C4(CCN(c5cccc(C(=O)O)n5)C4)C3)nc12. The van der Waals surface area contributed by atoms with Crippen molar-refractivity contribution in [2.45, 2.75) is 38.2 Å². The number of aryl methyl sites for hydroxylation is 1. The molecular formula is C32H35N7O4. The number of hydrogen-bond donors (Lipinski definition) is 2. The van der Waals surface area contributed by atoms with Gasteiger partial charge < -0.3 is 24.9 Å². The van der Waals surface area contributed by atoms with Gasteiger partial charge in [-0.15, -0.1) is 5.10 Å². The second kappa shape index (κ2) is 10.0. The van der Waals surface area contributed by atoms with Gasteiger partial charge in [-0.05, 0) is 49.1 Å². The molecule has 1 amide bonds. The van der Waals surface area contributed by atoms with Gasteiger partial charge in [0.2, 0.25) is 5.82 Å². The van der Waals surface area contributed by atoms with Crippen LogP contribution in [-0.2, 0) is 5.41 Å². The molecule has 222 valence electrons. The highest BCUT2D eigenvalue weighted by Crippen LogP contribution is 2.41. The molecule has 4 aromatic rings. The molecule has 0 radical (unpaired) electrons. The number of benzene rings is 1. The number of rotatable bonds is 5. The van der Waals surface area contributed by atoms with Crippen molar-refractivity contribution in [1.29, 1.82) is 0 Å². The van der Waals surface area contributed by atoms with Gasteiger partial charge in [0, 0.05) is 50.1 Å². The van der Waals surface area contributed by atoms with E-state index >= 15 is 0 Å². The molecule has 2 N–H and O–H groups in total. The number of aromatic nitrogens is 4. The van der Waals surface area contributed by atoms with E-state index in [1.54, 1.807) is 21.5 Å². The number of β-amino-alcohol motifs (C(OH)–C–C–N with tert-alkyl or cyclic N) is 1. The van der Waals surface area contributed by atoms with E-state index < -0.39 is 17.5 Å². The number of nitrogens with zero attached hydrogens (tertiary/aromatic N) is 7. The summed E-state index contributed by atoms with van der Waals surface area (Å²) in [4.78, 5) is 39.9. The molecule has 3 aliphatic rings. The van der Waals surface area contributed by atoms with E-state index in [9.17, 15) is 19.8 Å². The molecule has 0 saturated carbocycles. The molecule has 3 saturated heterocycles. The number of hydrogen-bond acceptors (Lipinski definition) is 8. The van der Waals surface area contributed by atoms with E-state index in [1.807, 2.05) is 24.1 Å². The zero-order valence-corrected chi connectivity index (χ0v) is 24.3. The van der Waals surface area contributed by atoms with Gasteiger partial charge in [0.25, 0.3) is 5.91 Å². The van der Waals surface area contributed by atoms with Crippen molar-refractivity contribution in [2.24, 2.45) is 5.41 Å². The highest BCUT2D eigenvalue weighted by Gasteiger charge is 2.52. The summed E-state index contributed by atoms with van der Waals surface area (Å²) in [5.41, 5.74) is 3.49. The average molecular weight is 582 g/mol. The Hall–Kier alpha value is -4.51. The molecule has 0 aliphatic carbocycles. The van der Waals surface area contributed by atoms with Crippen LogP contribution in [0.1, 0.15) is 52.0 Å². The molecule has 11 nitrogen and oxygen atoms in total. The van der Waals surface area contributed by atoms with Gasteiger partial charge in [-0.2, -0.15) is 0 Å². The summed E-state index contributed by atoms with van der Waals surface area (Å²) < 4.78 is 1.71. The third kappa shape index (κ3) is 4.68. The Morgan fingerprint density at radius 2 is 1.74 bits per heavy atom. The van der Waals surface area contributed by atoms with Crippen LogP contribution in [0.2, 0.25) is 0 Å². The summed E-state index contributed by atoms with van der Waals surface area (Å²) in [6.07, 6.45) is 2.95. The lowest BCUT2D eigenvalue weighted by molar-refractivity contribution is 0.0689. The van der Waals surface area contributed by atoms with Crippen LogP contribution in [0.25, 0.3) is 5.65 Å². The summed E-state index contributed by atoms with van der Waals surface area (Å²) in [5.74, 6) is -0.709. The Labute approximate surface area is 249 Å². The normalized spacial score (nSPS) is 25.4. The molecule has 3 aliphatic heterocycles. The van der Waals surface area contributed by atoms with E-state index in [4.69, 9.17) is 0 Å². The quantitative estimate of drug-likeness (QED) is 0.366. The monoisotopic (exact) mass is 581 g/mol. The predicted octanol–water partition coefficient (Wildman–Crippen LogP) is 3.01. The second-order valence-corrected chi connectivity index (χ2v) is 12.6. The second-order valence-electron chi connectivity index (χ2n) is 12.6. The lowest BCUT2D eigenvalue weighted by atomic mass is 9.82. The van der Waals surface area contributed by atoms with Crippen LogP contribution in [0.15, 0.2) is 60.8 Å². The minimum atomic E-state index is -1.08. The van der Waals surface area contributed by atoms with Gasteiger partial charge in [-0.3, -0.25) is 4.79 Å². The van der Waals surface area contributed by atoms with Gasteiger partial charge in [0.05, 0.1) is 18.0 Å². The van der Waals surface area contributed by atoms with Crippen molar-refractivity contribution in [3.05, 3.63) is 83.4 Å². The van der Waals surface area contributed by atoms with E-state index in [2.05, 4.69) is 57.2 Å². The summed E-state index contributed by atoms with van der Waals surface area (Å²) in [6, 6.07) is 17.7. The minimum absolute atomic E-state index is 0.0199. The number of carbonyl (C=O) groups excluding carboxylic acids is 1. The number of carboxylic acids is 1. The highest BCUT2D eigenvalue weighted by molar-refractivity contribution is 5.91. The Bertz CT molecular complexity index is 1730. The zero-order valence-electron chi connectivity index (χ0n) is 24.3. The van der Waals surface area contributed by atoms with Crippen LogP contribution in [0.4, 0.5) is 11.5 Å². The topological polar surface area (TPSA) is 127 Å². The number of likely N-dealkylation sites (tertiary alicyclic amines) is 1. The molecular weight excluding hydrogens is 546 g/mol. The number of pyridine rings is 2. The number of carbonyl (C=O) groups is 2. The number of aliphatic hydroxyl groups excluding tert-OH is 1. The molecule has 2 unspecified atom stereocenters. The van der Waals surface area contributed by atoms with Crippen molar-refractivity contribution in [3.63, 3.8) is 0 Å². The first-order valence-corrected chi connectivity index (χ1v) is 14.7. The molecule has 43 heavy (non-hydrogen) atoms. The fraction of sp³-hybridized carbons (Fsp3) is 0.406. The lowest BCUT2D eigenvalue weighted by Gasteiger charge is -2.27. The van der Waals surface area contributed by atoms with Gasteiger partial charge in [-0.1, -0.05) is 43.3 Å². The van der Waals surface area contributed by atoms with Crippen LogP contribution in [0, 0.1) is 12.3 Å². The van der Waals surface area contributed by atoms with Gasteiger partial charge in [0.15, 0.2) is 11.3 Å². The van der Waals surface area contributed by atoms with Gasteiger partial charge in [-0.25, -0.2) is 19.3 Å². The molecule has 3 aromatic heterocycles. The van der Waals surface area contributed by atoms with Crippen molar-refractivity contribution >= 4 is 29.0 Å². The van der Waals surface area contributed by atoms with Crippen LogP contribution in [-0.4, -0.2) is 91.9 Å². The highest BCUT2D eigenvalue weighted by atomic mass is 16.4. The molecule has 7 rings (SSSR count). The first-order valence-electron chi connectivity index (χ1n) is 14.7. The summed E-state index contributed by atoms with van der Waals surface area (Å²) in [5, 5.41) is 25.1. The number of aliphatic hydroxyl groups is 1. The number of aromatic carboxylic acids is 1.